The summed E-state index contributed by atoms with van der Waals surface area (Å²) in [5.41, 5.74) is 2.45. The Morgan fingerprint density at radius 1 is 1.27 bits per heavy atom. The first-order chi connectivity index (χ1) is 7.22. The molecule has 3 heteroatoms. The molecular weight excluding hydrogens is 206 g/mol. The van der Waals surface area contributed by atoms with Crippen LogP contribution in [0, 0.1) is 13.8 Å². The highest BCUT2D eigenvalue weighted by Gasteiger charge is 1.96. The van der Waals surface area contributed by atoms with Crippen molar-refractivity contribution >= 4 is 17.4 Å². The molecule has 0 atom stereocenters. The van der Waals surface area contributed by atoms with Gasteiger partial charge in [0, 0.05) is 6.42 Å². The molecule has 0 aromatic heterocycles. The van der Waals surface area contributed by atoms with Crippen LogP contribution in [0.4, 0.5) is 0 Å². The van der Waals surface area contributed by atoms with Crippen molar-refractivity contribution in [1.82, 2.24) is 0 Å². The van der Waals surface area contributed by atoms with Crippen LogP contribution in [0.5, 0.6) is 5.75 Å². The lowest BCUT2D eigenvalue weighted by Gasteiger charge is -2.06. The number of thiocarbonyl (C=S) groups is 1. The predicted octanol–water partition coefficient (Wildman–Crippen LogP) is 3.18. The molecule has 0 bridgehead atoms. The van der Waals surface area contributed by atoms with Crippen molar-refractivity contribution in [2.24, 2.45) is 4.99 Å². The summed E-state index contributed by atoms with van der Waals surface area (Å²) in [5, 5.41) is 2.34. The van der Waals surface area contributed by atoms with Gasteiger partial charge in [-0.25, -0.2) is 4.99 Å². The summed E-state index contributed by atoms with van der Waals surface area (Å²) in [7, 11) is 0. The Hall–Kier alpha value is -1.18. The zero-order chi connectivity index (χ0) is 11.1. The Labute approximate surface area is 96.0 Å². The van der Waals surface area contributed by atoms with E-state index in [0.29, 0.717) is 13.2 Å². The van der Waals surface area contributed by atoms with Crippen LogP contribution in [0.1, 0.15) is 17.5 Å². The number of aliphatic imine (C=N–C) groups is 1. The molecule has 0 aliphatic heterocycles. The van der Waals surface area contributed by atoms with Gasteiger partial charge in [-0.05, 0) is 49.3 Å². The molecule has 0 amide bonds. The molecule has 0 unspecified atom stereocenters. The Bertz CT molecular complexity index is 350. The summed E-state index contributed by atoms with van der Waals surface area (Å²) < 4.78 is 5.59. The van der Waals surface area contributed by atoms with Crippen molar-refractivity contribution in [2.75, 3.05) is 13.2 Å². The minimum atomic E-state index is 0.670. The molecule has 0 aliphatic rings. The molecule has 0 saturated carbocycles. The van der Waals surface area contributed by atoms with E-state index in [1.54, 1.807) is 0 Å². The highest BCUT2D eigenvalue weighted by Crippen LogP contribution is 2.16. The third kappa shape index (κ3) is 4.73. The summed E-state index contributed by atoms with van der Waals surface area (Å²) >= 11 is 4.47. The van der Waals surface area contributed by atoms with Crippen molar-refractivity contribution in [1.29, 1.82) is 0 Å². The van der Waals surface area contributed by atoms with Gasteiger partial charge < -0.3 is 4.74 Å². The number of nitrogens with zero attached hydrogens (tertiary/aromatic N) is 1. The zero-order valence-corrected chi connectivity index (χ0v) is 9.93. The molecule has 1 aromatic rings. The number of hydrogen-bond donors (Lipinski definition) is 0. The van der Waals surface area contributed by atoms with E-state index < -0.39 is 0 Å². The highest BCUT2D eigenvalue weighted by atomic mass is 32.1. The third-order valence-electron chi connectivity index (χ3n) is 1.94. The molecule has 15 heavy (non-hydrogen) atoms. The van der Waals surface area contributed by atoms with Gasteiger partial charge in [0.15, 0.2) is 0 Å². The van der Waals surface area contributed by atoms with E-state index in [-0.39, 0.29) is 0 Å². The maximum absolute atomic E-state index is 5.59. The maximum atomic E-state index is 5.59. The lowest BCUT2D eigenvalue weighted by Crippen LogP contribution is -1.99. The Balaban J connectivity index is 2.40. The molecule has 0 N–H and O–H groups in total. The average molecular weight is 221 g/mol. The van der Waals surface area contributed by atoms with E-state index in [1.165, 1.54) is 11.1 Å². The number of aryl methyl sites for hydroxylation is 2. The standard InChI is InChI=1S/C12H15NOS/c1-10-6-11(2)8-12(7-10)14-5-3-4-13-9-15/h6-8H,3-5H2,1-2H3. The first-order valence-corrected chi connectivity index (χ1v) is 5.38. The Morgan fingerprint density at radius 3 is 2.53 bits per heavy atom. The summed E-state index contributed by atoms with van der Waals surface area (Å²) in [6, 6.07) is 6.20. The quantitative estimate of drug-likeness (QED) is 0.433. The van der Waals surface area contributed by atoms with Gasteiger partial charge >= 0.3 is 0 Å². The van der Waals surface area contributed by atoms with E-state index in [0.717, 1.165) is 12.2 Å². The van der Waals surface area contributed by atoms with Crippen LogP contribution in [0.25, 0.3) is 0 Å². The van der Waals surface area contributed by atoms with Gasteiger partial charge in [-0.1, -0.05) is 6.07 Å². The summed E-state index contributed by atoms with van der Waals surface area (Å²) in [6.45, 7) is 5.49. The van der Waals surface area contributed by atoms with Gasteiger partial charge in [-0.15, -0.1) is 0 Å². The Morgan fingerprint density at radius 2 is 1.93 bits per heavy atom. The molecule has 2 nitrogen and oxygen atoms in total. The van der Waals surface area contributed by atoms with Crippen LogP contribution in [0.3, 0.4) is 0 Å². The SMILES string of the molecule is Cc1cc(C)cc(OCCCN=C=S)c1. The second-order valence-electron chi connectivity index (χ2n) is 3.50. The first-order valence-electron chi connectivity index (χ1n) is 4.97. The lowest BCUT2D eigenvalue weighted by atomic mass is 10.1. The van der Waals surface area contributed by atoms with Crippen LogP contribution in [-0.2, 0) is 0 Å². The second-order valence-corrected chi connectivity index (χ2v) is 3.68. The fraction of sp³-hybridized carbons (Fsp3) is 0.417. The van der Waals surface area contributed by atoms with Gasteiger partial charge in [-0.3, -0.25) is 0 Å². The molecule has 0 fully saturated rings. The van der Waals surface area contributed by atoms with E-state index in [4.69, 9.17) is 4.74 Å². The molecule has 0 heterocycles. The van der Waals surface area contributed by atoms with Crippen molar-refractivity contribution in [3.63, 3.8) is 0 Å². The average Bonchev–Trinajstić information content (AvgIpc) is 2.16. The van der Waals surface area contributed by atoms with Gasteiger partial charge in [0.05, 0.1) is 18.3 Å². The normalized spacial score (nSPS) is 9.47. The maximum Gasteiger partial charge on any atom is 0.119 e. The smallest absolute Gasteiger partial charge is 0.119 e. The van der Waals surface area contributed by atoms with Gasteiger partial charge in [0.25, 0.3) is 0 Å². The molecule has 0 aliphatic carbocycles. The number of benzene rings is 1. The highest BCUT2D eigenvalue weighted by molar-refractivity contribution is 7.78. The molecule has 0 spiro atoms. The van der Waals surface area contributed by atoms with E-state index in [9.17, 15) is 0 Å². The number of ether oxygens (including phenoxy) is 1. The number of hydrogen-bond acceptors (Lipinski definition) is 3. The number of isothiocyanates is 1. The fourth-order valence-corrected chi connectivity index (χ4v) is 1.49. The molecular formula is C12H15NOS. The van der Waals surface area contributed by atoms with Gasteiger partial charge in [-0.2, -0.15) is 0 Å². The summed E-state index contributed by atoms with van der Waals surface area (Å²) in [4.78, 5) is 3.82. The Kier molecular flexibility index (Phi) is 5.02. The van der Waals surface area contributed by atoms with Crippen LogP contribution >= 0.6 is 12.2 Å². The monoisotopic (exact) mass is 221 g/mol. The molecule has 0 radical (unpaired) electrons. The van der Waals surface area contributed by atoms with Crippen LogP contribution in [0.2, 0.25) is 0 Å². The third-order valence-corrected chi connectivity index (χ3v) is 2.07. The van der Waals surface area contributed by atoms with Crippen molar-refractivity contribution in [3.05, 3.63) is 29.3 Å². The molecule has 80 valence electrons. The van der Waals surface area contributed by atoms with E-state index in [2.05, 4.69) is 42.3 Å². The molecule has 0 saturated heterocycles. The summed E-state index contributed by atoms with van der Waals surface area (Å²) in [5.74, 6) is 0.929. The fourth-order valence-electron chi connectivity index (χ4n) is 1.40. The summed E-state index contributed by atoms with van der Waals surface area (Å²) in [6.07, 6.45) is 0.872. The largest absolute Gasteiger partial charge is 0.494 e. The zero-order valence-electron chi connectivity index (χ0n) is 9.12. The van der Waals surface area contributed by atoms with E-state index >= 15 is 0 Å². The second kappa shape index (κ2) is 6.33. The lowest BCUT2D eigenvalue weighted by molar-refractivity contribution is 0.313. The minimum absolute atomic E-state index is 0.670. The molecule has 1 rings (SSSR count). The van der Waals surface area contributed by atoms with Crippen molar-refractivity contribution in [3.8, 4) is 5.75 Å². The number of rotatable bonds is 5. The van der Waals surface area contributed by atoms with Gasteiger partial charge in [0.1, 0.15) is 5.75 Å². The molecule has 1 aromatic carbocycles. The predicted molar refractivity (Wildman–Crippen MR) is 65.9 cm³/mol. The first kappa shape index (κ1) is 11.9. The van der Waals surface area contributed by atoms with Crippen molar-refractivity contribution < 1.29 is 4.74 Å². The van der Waals surface area contributed by atoms with Crippen LogP contribution in [-0.4, -0.2) is 18.3 Å². The topological polar surface area (TPSA) is 21.6 Å². The van der Waals surface area contributed by atoms with Crippen LogP contribution < -0.4 is 4.74 Å². The van der Waals surface area contributed by atoms with Gasteiger partial charge in [0.2, 0.25) is 0 Å². The van der Waals surface area contributed by atoms with Crippen LogP contribution in [0.15, 0.2) is 23.2 Å². The minimum Gasteiger partial charge on any atom is -0.494 e. The van der Waals surface area contributed by atoms with E-state index in [1.807, 2.05) is 12.1 Å². The van der Waals surface area contributed by atoms with Crippen molar-refractivity contribution in [2.45, 2.75) is 20.3 Å².